The van der Waals surface area contributed by atoms with Crippen molar-refractivity contribution in [2.45, 2.75) is 6.04 Å². The molecule has 1 unspecified atom stereocenters. The molecule has 19 heavy (non-hydrogen) atoms. The lowest BCUT2D eigenvalue weighted by Crippen LogP contribution is -2.56. The van der Waals surface area contributed by atoms with Crippen molar-refractivity contribution in [2.75, 3.05) is 32.7 Å². The predicted octanol–water partition coefficient (Wildman–Crippen LogP) is -0.954. The molecule has 3 N–H and O–H groups in total. The van der Waals surface area contributed by atoms with Gasteiger partial charge in [0.25, 0.3) is 0 Å². The van der Waals surface area contributed by atoms with Crippen molar-refractivity contribution in [3.05, 3.63) is 12.2 Å². The summed E-state index contributed by atoms with van der Waals surface area (Å²) in [7, 11) is 0. The average Bonchev–Trinajstić information content (AvgIpc) is 2.75. The molecule has 104 valence electrons. The molecule has 0 radical (unpaired) electrons. The third-order valence-electron chi connectivity index (χ3n) is 3.15. The van der Waals surface area contributed by atoms with Gasteiger partial charge in [0.15, 0.2) is 0 Å². The predicted molar refractivity (Wildman–Crippen MR) is 65.6 cm³/mol. The number of carboxylic acid groups (broad SMARTS) is 1. The fraction of sp³-hybridized carbons (Fsp3) is 0.545. The standard InChI is InChI=1S/C11H16N4O4/c16-9(17)2-1-3-12-10(18)14-4-5-15-8(7-14)6-13-11(15)19/h1-2,8H,3-7H2,(H,12,18)(H,13,19)(H,16,17)/b2-1+. The van der Waals surface area contributed by atoms with Crippen LogP contribution in [0.1, 0.15) is 0 Å². The number of nitrogens with zero attached hydrogens (tertiary/aromatic N) is 2. The third kappa shape index (κ3) is 3.15. The van der Waals surface area contributed by atoms with E-state index >= 15 is 0 Å². The average molecular weight is 268 g/mol. The lowest BCUT2D eigenvalue weighted by molar-refractivity contribution is -0.131. The van der Waals surface area contributed by atoms with Gasteiger partial charge in [-0.15, -0.1) is 0 Å². The Balaban J connectivity index is 1.78. The third-order valence-corrected chi connectivity index (χ3v) is 3.15. The van der Waals surface area contributed by atoms with Crippen LogP contribution >= 0.6 is 0 Å². The molecule has 2 aliphatic heterocycles. The van der Waals surface area contributed by atoms with Crippen LogP contribution in [0.5, 0.6) is 0 Å². The van der Waals surface area contributed by atoms with E-state index in [-0.39, 0.29) is 24.6 Å². The van der Waals surface area contributed by atoms with Crippen LogP contribution in [0.4, 0.5) is 9.59 Å². The van der Waals surface area contributed by atoms with E-state index in [0.717, 1.165) is 6.08 Å². The van der Waals surface area contributed by atoms with E-state index < -0.39 is 5.97 Å². The van der Waals surface area contributed by atoms with Gasteiger partial charge in [-0.1, -0.05) is 6.08 Å². The Hall–Kier alpha value is -2.25. The molecule has 0 spiro atoms. The maximum Gasteiger partial charge on any atom is 0.328 e. The lowest BCUT2D eigenvalue weighted by atomic mass is 10.2. The van der Waals surface area contributed by atoms with Crippen LogP contribution < -0.4 is 10.6 Å². The Bertz CT molecular complexity index is 423. The van der Waals surface area contributed by atoms with Gasteiger partial charge in [0.2, 0.25) is 0 Å². The van der Waals surface area contributed by atoms with E-state index in [2.05, 4.69) is 10.6 Å². The van der Waals surface area contributed by atoms with Gasteiger partial charge in [0.05, 0.1) is 6.04 Å². The van der Waals surface area contributed by atoms with Gasteiger partial charge in [-0.3, -0.25) is 0 Å². The SMILES string of the molecule is O=C(O)/C=C/CNC(=O)N1CCN2C(=O)NCC2C1. The van der Waals surface area contributed by atoms with Crippen molar-refractivity contribution in [2.24, 2.45) is 0 Å². The number of nitrogens with one attached hydrogen (secondary N) is 2. The maximum atomic E-state index is 11.8. The van der Waals surface area contributed by atoms with E-state index in [9.17, 15) is 14.4 Å². The van der Waals surface area contributed by atoms with Crippen molar-refractivity contribution in [1.82, 2.24) is 20.4 Å². The van der Waals surface area contributed by atoms with Gasteiger partial charge < -0.3 is 25.5 Å². The molecule has 0 saturated carbocycles. The molecule has 0 aromatic heterocycles. The minimum absolute atomic E-state index is 0.0292. The zero-order valence-electron chi connectivity index (χ0n) is 10.3. The number of carbonyl (C=O) groups excluding carboxylic acids is 2. The minimum Gasteiger partial charge on any atom is -0.478 e. The van der Waals surface area contributed by atoms with Gasteiger partial charge in [0.1, 0.15) is 0 Å². The molecule has 2 fully saturated rings. The molecular weight excluding hydrogens is 252 g/mol. The number of carboxylic acids is 1. The second kappa shape index (κ2) is 5.59. The van der Waals surface area contributed by atoms with Crippen LogP contribution in [-0.2, 0) is 4.79 Å². The topological polar surface area (TPSA) is 102 Å². The molecular formula is C11H16N4O4. The molecule has 0 aliphatic carbocycles. The Kier molecular flexibility index (Phi) is 3.88. The van der Waals surface area contributed by atoms with Crippen LogP contribution in [0, 0.1) is 0 Å². The Morgan fingerprint density at radius 1 is 1.47 bits per heavy atom. The second-order valence-electron chi connectivity index (χ2n) is 4.41. The number of amides is 4. The summed E-state index contributed by atoms with van der Waals surface area (Å²) in [5.74, 6) is -1.04. The van der Waals surface area contributed by atoms with Crippen molar-refractivity contribution in [3.8, 4) is 0 Å². The summed E-state index contributed by atoms with van der Waals surface area (Å²) in [6.07, 6.45) is 2.36. The van der Waals surface area contributed by atoms with E-state index in [4.69, 9.17) is 5.11 Å². The highest BCUT2D eigenvalue weighted by Gasteiger charge is 2.36. The number of aliphatic carboxylic acids is 1. The first-order chi connectivity index (χ1) is 9.08. The van der Waals surface area contributed by atoms with Crippen LogP contribution in [0.2, 0.25) is 0 Å². The molecule has 8 heteroatoms. The minimum atomic E-state index is -1.04. The number of hydrogen-bond donors (Lipinski definition) is 3. The number of hydrogen-bond acceptors (Lipinski definition) is 3. The Morgan fingerprint density at radius 2 is 2.26 bits per heavy atom. The first-order valence-electron chi connectivity index (χ1n) is 6.04. The lowest BCUT2D eigenvalue weighted by Gasteiger charge is -2.36. The zero-order chi connectivity index (χ0) is 13.8. The van der Waals surface area contributed by atoms with Crippen LogP contribution in [0.15, 0.2) is 12.2 Å². The second-order valence-corrected chi connectivity index (χ2v) is 4.41. The molecule has 2 saturated heterocycles. The van der Waals surface area contributed by atoms with Crippen LogP contribution in [0.3, 0.4) is 0 Å². The van der Waals surface area contributed by atoms with Gasteiger partial charge in [-0.05, 0) is 0 Å². The van der Waals surface area contributed by atoms with E-state index in [1.165, 1.54) is 6.08 Å². The van der Waals surface area contributed by atoms with Crippen molar-refractivity contribution in [3.63, 3.8) is 0 Å². The summed E-state index contributed by atoms with van der Waals surface area (Å²) in [4.78, 5) is 36.8. The van der Waals surface area contributed by atoms with E-state index in [1.54, 1.807) is 9.80 Å². The molecule has 2 rings (SSSR count). The molecule has 4 amide bonds. The first kappa shape index (κ1) is 13.2. The summed E-state index contributed by atoms with van der Waals surface area (Å²) >= 11 is 0. The van der Waals surface area contributed by atoms with E-state index in [1.807, 2.05) is 0 Å². The van der Waals surface area contributed by atoms with Gasteiger partial charge in [0, 0.05) is 38.8 Å². The number of urea groups is 2. The molecule has 0 aromatic rings. The molecule has 8 nitrogen and oxygen atoms in total. The fourth-order valence-corrected chi connectivity index (χ4v) is 2.21. The van der Waals surface area contributed by atoms with Gasteiger partial charge in [-0.2, -0.15) is 0 Å². The maximum absolute atomic E-state index is 11.8. The quantitative estimate of drug-likeness (QED) is 0.574. The Morgan fingerprint density at radius 3 is 3.00 bits per heavy atom. The van der Waals surface area contributed by atoms with Crippen molar-refractivity contribution < 1.29 is 19.5 Å². The molecule has 0 aromatic carbocycles. The smallest absolute Gasteiger partial charge is 0.328 e. The summed E-state index contributed by atoms with van der Waals surface area (Å²) in [6, 6.07) is -0.287. The van der Waals surface area contributed by atoms with Crippen LogP contribution in [-0.4, -0.2) is 71.7 Å². The zero-order valence-corrected chi connectivity index (χ0v) is 10.3. The molecule has 2 heterocycles. The Labute approximate surface area is 110 Å². The highest BCUT2D eigenvalue weighted by atomic mass is 16.4. The van der Waals surface area contributed by atoms with Crippen molar-refractivity contribution in [1.29, 1.82) is 0 Å². The van der Waals surface area contributed by atoms with Gasteiger partial charge in [-0.25, -0.2) is 14.4 Å². The normalized spacial score (nSPS) is 22.3. The molecule has 0 bridgehead atoms. The van der Waals surface area contributed by atoms with Gasteiger partial charge >= 0.3 is 18.0 Å². The monoisotopic (exact) mass is 268 g/mol. The highest BCUT2D eigenvalue weighted by molar-refractivity contribution is 5.80. The molecule has 2 aliphatic rings. The number of fused-ring (bicyclic) bond motifs is 1. The summed E-state index contributed by atoms with van der Waals surface area (Å²) in [5, 5.41) is 13.8. The number of rotatable bonds is 3. The summed E-state index contributed by atoms with van der Waals surface area (Å²) in [5.41, 5.74) is 0. The summed E-state index contributed by atoms with van der Waals surface area (Å²) < 4.78 is 0. The first-order valence-corrected chi connectivity index (χ1v) is 6.04. The van der Waals surface area contributed by atoms with Crippen molar-refractivity contribution >= 4 is 18.0 Å². The fourth-order valence-electron chi connectivity index (χ4n) is 2.21. The van der Waals surface area contributed by atoms with E-state index in [0.29, 0.717) is 26.2 Å². The largest absolute Gasteiger partial charge is 0.478 e. The van der Waals surface area contributed by atoms with Crippen LogP contribution in [0.25, 0.3) is 0 Å². The number of carbonyl (C=O) groups is 3. The number of piperazine rings is 1. The summed E-state index contributed by atoms with van der Waals surface area (Å²) in [6.45, 7) is 2.23. The highest BCUT2D eigenvalue weighted by Crippen LogP contribution is 2.13. The molecule has 1 atom stereocenters.